The lowest BCUT2D eigenvalue weighted by atomic mass is 9.90. The van der Waals surface area contributed by atoms with Crippen LogP contribution in [-0.2, 0) is 30.9 Å². The van der Waals surface area contributed by atoms with Gasteiger partial charge in [-0.3, -0.25) is 9.97 Å². The van der Waals surface area contributed by atoms with Crippen LogP contribution in [0.15, 0.2) is 47.1 Å². The molecule has 0 aliphatic heterocycles. The van der Waals surface area contributed by atoms with Crippen molar-refractivity contribution in [3.63, 3.8) is 0 Å². The number of hydrogen-bond donors (Lipinski definition) is 2. The zero-order valence-corrected chi connectivity index (χ0v) is 21.1. The molecule has 174 valence electrons. The van der Waals surface area contributed by atoms with Crippen LogP contribution in [0, 0.1) is 19.8 Å². The van der Waals surface area contributed by atoms with E-state index in [0.717, 1.165) is 55.8 Å². The van der Waals surface area contributed by atoms with Crippen LogP contribution in [0.2, 0.25) is 0 Å². The smallest absolute Gasteiger partial charge is 0.404 e. The lowest BCUT2D eigenvalue weighted by Crippen LogP contribution is -2.23. The van der Waals surface area contributed by atoms with E-state index in [1.54, 1.807) is 6.20 Å². The summed E-state index contributed by atoms with van der Waals surface area (Å²) in [5.41, 5.74) is 7.70. The van der Waals surface area contributed by atoms with Crippen molar-refractivity contribution in [3.8, 4) is 11.1 Å². The maximum atomic E-state index is 11.3. The Morgan fingerprint density at radius 3 is 2.42 bits per heavy atom. The molecule has 7 heteroatoms. The van der Waals surface area contributed by atoms with Gasteiger partial charge in [-0.25, -0.2) is 4.79 Å². The molecule has 0 saturated carbocycles. The second-order valence-electron chi connectivity index (χ2n) is 8.56. The highest BCUT2D eigenvalue weighted by molar-refractivity contribution is 9.10. The van der Waals surface area contributed by atoms with Gasteiger partial charge in [-0.1, -0.05) is 43.7 Å². The Labute approximate surface area is 203 Å². The first-order valence-electron chi connectivity index (χ1n) is 11.0. The van der Waals surface area contributed by atoms with Gasteiger partial charge in [-0.2, -0.15) is 0 Å². The number of carboxylic acid groups (broad SMARTS) is 1. The van der Waals surface area contributed by atoms with E-state index in [1.807, 2.05) is 26.0 Å². The Morgan fingerprint density at radius 1 is 1.09 bits per heavy atom. The van der Waals surface area contributed by atoms with Crippen LogP contribution >= 0.6 is 15.9 Å². The number of carbonyl (C=O) groups is 1. The maximum absolute atomic E-state index is 11.3. The fraction of sp³-hybridized carbons (Fsp3) is 0.346. The molecule has 3 rings (SSSR count). The predicted molar refractivity (Wildman–Crippen MR) is 133 cm³/mol. The Bertz CT molecular complexity index is 1100. The number of halogens is 1. The molecule has 0 aliphatic carbocycles. The topological polar surface area (TPSA) is 84.3 Å². The quantitative estimate of drug-likeness (QED) is 0.356. The highest BCUT2D eigenvalue weighted by Gasteiger charge is 2.20. The van der Waals surface area contributed by atoms with Crippen molar-refractivity contribution < 1.29 is 14.6 Å². The molecule has 0 atom stereocenters. The molecule has 0 bridgehead atoms. The third-order valence-corrected chi connectivity index (χ3v) is 5.80. The van der Waals surface area contributed by atoms with Crippen molar-refractivity contribution in [1.29, 1.82) is 0 Å². The molecule has 0 spiro atoms. The summed E-state index contributed by atoms with van der Waals surface area (Å²) < 4.78 is 6.98. The molecule has 1 amide bonds. The number of aromatic nitrogens is 2. The summed E-state index contributed by atoms with van der Waals surface area (Å²) in [7, 11) is 0. The molecular formula is C26H30BrN3O3. The summed E-state index contributed by atoms with van der Waals surface area (Å²) in [4.78, 5) is 20.6. The fourth-order valence-electron chi connectivity index (χ4n) is 3.75. The van der Waals surface area contributed by atoms with Gasteiger partial charge in [0.15, 0.2) is 0 Å². The molecule has 0 radical (unpaired) electrons. The normalized spacial score (nSPS) is 11.1. The Hall–Kier alpha value is -2.77. The average molecular weight is 512 g/mol. The van der Waals surface area contributed by atoms with Crippen LogP contribution in [-0.4, -0.2) is 21.2 Å². The molecule has 6 nitrogen and oxygen atoms in total. The fourth-order valence-corrected chi connectivity index (χ4v) is 3.98. The summed E-state index contributed by atoms with van der Waals surface area (Å²) in [5.74, 6) is 0.386. The minimum atomic E-state index is -1.06. The molecule has 3 aromatic rings. The molecule has 2 N–H and O–H groups in total. The Kier molecular flexibility index (Phi) is 8.58. The number of ether oxygens (including phenoxy) is 1. The number of rotatable bonds is 9. The maximum Gasteiger partial charge on any atom is 0.404 e. The van der Waals surface area contributed by atoms with Gasteiger partial charge >= 0.3 is 6.09 Å². The third kappa shape index (κ3) is 6.85. The van der Waals surface area contributed by atoms with Crippen molar-refractivity contribution in [2.24, 2.45) is 5.92 Å². The first-order chi connectivity index (χ1) is 15.7. The molecule has 1 aromatic carbocycles. The van der Waals surface area contributed by atoms with Gasteiger partial charge in [0.1, 0.15) is 0 Å². The second-order valence-corrected chi connectivity index (χ2v) is 9.47. The summed E-state index contributed by atoms with van der Waals surface area (Å²) in [6.07, 6.45) is 1.46. The standard InChI is InChI=1S/C26H30BrN3O3/c1-16(2)11-24-22(13-29-26(31)32)25(19-7-5-17(3)6-8-19)23(18(4)30-24)15-33-14-21-10-9-20(27)12-28-21/h5-10,12,16,29H,11,13-15H2,1-4H3,(H,31,32). The molecule has 0 aliphatic rings. The minimum Gasteiger partial charge on any atom is -0.465 e. The molecule has 33 heavy (non-hydrogen) atoms. The van der Waals surface area contributed by atoms with Crippen molar-refractivity contribution >= 4 is 22.0 Å². The molecule has 2 heterocycles. The van der Waals surface area contributed by atoms with Crippen LogP contribution in [0.3, 0.4) is 0 Å². The number of hydrogen-bond acceptors (Lipinski definition) is 4. The summed E-state index contributed by atoms with van der Waals surface area (Å²) >= 11 is 3.40. The molecule has 2 aromatic heterocycles. The predicted octanol–water partition coefficient (Wildman–Crippen LogP) is 6.21. The van der Waals surface area contributed by atoms with Gasteiger partial charge in [0.05, 0.1) is 18.9 Å². The van der Waals surface area contributed by atoms with Gasteiger partial charge in [0.2, 0.25) is 0 Å². The van der Waals surface area contributed by atoms with Gasteiger partial charge in [0.25, 0.3) is 0 Å². The van der Waals surface area contributed by atoms with E-state index < -0.39 is 6.09 Å². The highest BCUT2D eigenvalue weighted by atomic mass is 79.9. The Morgan fingerprint density at radius 2 is 1.82 bits per heavy atom. The van der Waals surface area contributed by atoms with Crippen LogP contribution in [0.25, 0.3) is 11.1 Å². The van der Waals surface area contributed by atoms with Crippen molar-refractivity contribution in [1.82, 2.24) is 15.3 Å². The minimum absolute atomic E-state index is 0.190. The average Bonchev–Trinajstić information content (AvgIpc) is 2.75. The summed E-state index contributed by atoms with van der Waals surface area (Å²) in [6.45, 7) is 9.23. The second kappa shape index (κ2) is 11.4. The lowest BCUT2D eigenvalue weighted by Gasteiger charge is -2.22. The SMILES string of the molecule is Cc1ccc(-c2c(COCc3ccc(Br)cn3)c(C)nc(CC(C)C)c2CNC(=O)O)cc1. The molecule has 0 unspecified atom stereocenters. The van der Waals surface area contributed by atoms with Crippen molar-refractivity contribution in [2.45, 2.75) is 53.9 Å². The van der Waals surface area contributed by atoms with Gasteiger partial charge in [0, 0.05) is 39.7 Å². The third-order valence-electron chi connectivity index (χ3n) is 5.33. The van der Waals surface area contributed by atoms with Gasteiger partial charge < -0.3 is 15.2 Å². The van der Waals surface area contributed by atoms with E-state index in [0.29, 0.717) is 19.1 Å². The number of nitrogens with zero attached hydrogens (tertiary/aromatic N) is 2. The summed E-state index contributed by atoms with van der Waals surface area (Å²) in [6, 6.07) is 12.1. The number of benzene rings is 1. The van der Waals surface area contributed by atoms with Gasteiger partial charge in [-0.05, 0) is 65.4 Å². The largest absolute Gasteiger partial charge is 0.465 e. The van der Waals surface area contributed by atoms with E-state index in [9.17, 15) is 9.90 Å². The number of nitrogens with one attached hydrogen (secondary N) is 1. The van der Waals surface area contributed by atoms with Gasteiger partial charge in [-0.15, -0.1) is 0 Å². The first kappa shape index (κ1) is 24.9. The first-order valence-corrected chi connectivity index (χ1v) is 11.8. The zero-order chi connectivity index (χ0) is 24.0. The monoisotopic (exact) mass is 511 g/mol. The van der Waals surface area contributed by atoms with E-state index in [-0.39, 0.29) is 6.54 Å². The van der Waals surface area contributed by atoms with Crippen molar-refractivity contribution in [3.05, 3.63) is 80.8 Å². The van der Waals surface area contributed by atoms with Crippen molar-refractivity contribution in [2.75, 3.05) is 0 Å². The van der Waals surface area contributed by atoms with E-state index >= 15 is 0 Å². The zero-order valence-electron chi connectivity index (χ0n) is 19.5. The van der Waals surface area contributed by atoms with E-state index in [4.69, 9.17) is 9.72 Å². The van der Waals surface area contributed by atoms with Crippen LogP contribution in [0.5, 0.6) is 0 Å². The lowest BCUT2D eigenvalue weighted by molar-refractivity contribution is 0.104. The number of aryl methyl sites for hydroxylation is 2. The molecule has 0 saturated heterocycles. The van der Waals surface area contributed by atoms with Crippen LogP contribution < -0.4 is 5.32 Å². The summed E-state index contributed by atoms with van der Waals surface area (Å²) in [5, 5.41) is 11.8. The number of pyridine rings is 2. The highest BCUT2D eigenvalue weighted by Crippen LogP contribution is 2.33. The van der Waals surface area contributed by atoms with E-state index in [1.165, 1.54) is 0 Å². The molecule has 0 fully saturated rings. The number of amides is 1. The van der Waals surface area contributed by atoms with E-state index in [2.05, 4.69) is 64.3 Å². The molecular weight excluding hydrogens is 482 g/mol. The van der Waals surface area contributed by atoms with Crippen LogP contribution in [0.1, 0.15) is 47.6 Å². The van der Waals surface area contributed by atoms with Crippen LogP contribution in [0.4, 0.5) is 4.79 Å². The Balaban J connectivity index is 2.05.